The van der Waals surface area contributed by atoms with Gasteiger partial charge in [-0.2, -0.15) is 0 Å². The summed E-state index contributed by atoms with van der Waals surface area (Å²) in [5.41, 5.74) is 3.30. The summed E-state index contributed by atoms with van der Waals surface area (Å²) in [7, 11) is 0. The predicted octanol–water partition coefficient (Wildman–Crippen LogP) is 2.79. The lowest BCUT2D eigenvalue weighted by Gasteiger charge is -2.04. The topological polar surface area (TPSA) is 17.1 Å². The van der Waals surface area contributed by atoms with E-state index in [-0.39, 0.29) is 5.92 Å². The summed E-state index contributed by atoms with van der Waals surface area (Å²) in [6, 6.07) is 6.11. The highest BCUT2D eigenvalue weighted by molar-refractivity contribution is 6.03. The minimum Gasteiger partial charge on any atom is -0.294 e. The minimum absolute atomic E-state index is 0.163. The molecule has 72 valence electrons. The third kappa shape index (κ3) is 1.29. The van der Waals surface area contributed by atoms with Gasteiger partial charge in [-0.05, 0) is 24.0 Å². The average Bonchev–Trinajstić information content (AvgIpc) is 2.45. The van der Waals surface area contributed by atoms with E-state index in [1.807, 2.05) is 25.1 Å². The molecule has 0 saturated heterocycles. The average molecular weight is 186 g/mol. The van der Waals surface area contributed by atoms with Crippen LogP contribution in [0, 0.1) is 5.92 Å². The standard InChI is InChI=1S/C13H14O/c1-3-5-10-6-4-7-11-8-9(2)13(14)12(10)11/h3-4,6-7,9H,1,5,8H2,2H3. The van der Waals surface area contributed by atoms with Crippen molar-refractivity contribution in [1.82, 2.24) is 0 Å². The predicted molar refractivity (Wildman–Crippen MR) is 57.5 cm³/mol. The van der Waals surface area contributed by atoms with E-state index in [1.54, 1.807) is 0 Å². The summed E-state index contributed by atoms with van der Waals surface area (Å²) in [6.45, 7) is 5.71. The summed E-state index contributed by atoms with van der Waals surface area (Å²) in [5.74, 6) is 0.466. The quantitative estimate of drug-likeness (QED) is 0.649. The van der Waals surface area contributed by atoms with Crippen molar-refractivity contribution in [1.29, 1.82) is 0 Å². The second-order valence-corrected chi connectivity index (χ2v) is 3.91. The summed E-state index contributed by atoms with van der Waals surface area (Å²) < 4.78 is 0. The van der Waals surface area contributed by atoms with E-state index >= 15 is 0 Å². The highest BCUT2D eigenvalue weighted by Gasteiger charge is 2.28. The Morgan fingerprint density at radius 1 is 1.57 bits per heavy atom. The fourth-order valence-electron chi connectivity index (χ4n) is 2.13. The number of hydrogen-bond donors (Lipinski definition) is 0. The third-order valence-corrected chi connectivity index (χ3v) is 2.82. The van der Waals surface area contributed by atoms with Crippen molar-refractivity contribution in [2.45, 2.75) is 19.8 Å². The Kier molecular flexibility index (Phi) is 2.24. The Balaban J connectivity index is 2.52. The molecule has 0 N–H and O–H groups in total. The highest BCUT2D eigenvalue weighted by atomic mass is 16.1. The van der Waals surface area contributed by atoms with E-state index in [1.165, 1.54) is 5.56 Å². The van der Waals surface area contributed by atoms with Gasteiger partial charge in [0.2, 0.25) is 0 Å². The number of rotatable bonds is 2. The molecular weight excluding hydrogens is 172 g/mol. The lowest BCUT2D eigenvalue weighted by Crippen LogP contribution is -2.05. The fraction of sp³-hybridized carbons (Fsp3) is 0.308. The maximum atomic E-state index is 11.9. The first-order chi connectivity index (χ1) is 6.74. The van der Waals surface area contributed by atoms with Gasteiger partial charge >= 0.3 is 0 Å². The van der Waals surface area contributed by atoms with E-state index in [0.717, 1.165) is 24.0 Å². The summed E-state index contributed by atoms with van der Waals surface area (Å²) in [5, 5.41) is 0. The number of Topliss-reactive ketones (excluding diaryl/α,β-unsaturated/α-hetero) is 1. The number of carbonyl (C=O) groups is 1. The van der Waals surface area contributed by atoms with Crippen LogP contribution < -0.4 is 0 Å². The highest BCUT2D eigenvalue weighted by Crippen LogP contribution is 2.29. The Morgan fingerprint density at radius 2 is 2.36 bits per heavy atom. The molecule has 1 aromatic carbocycles. The summed E-state index contributed by atoms with van der Waals surface area (Å²) in [6.07, 6.45) is 3.55. The van der Waals surface area contributed by atoms with Gasteiger partial charge in [-0.25, -0.2) is 0 Å². The Morgan fingerprint density at radius 3 is 3.07 bits per heavy atom. The van der Waals surface area contributed by atoms with Crippen LogP contribution in [0.3, 0.4) is 0 Å². The van der Waals surface area contributed by atoms with Crippen molar-refractivity contribution >= 4 is 5.78 Å². The first-order valence-corrected chi connectivity index (χ1v) is 5.00. The molecule has 1 heteroatoms. The van der Waals surface area contributed by atoms with Crippen molar-refractivity contribution in [2.75, 3.05) is 0 Å². The van der Waals surface area contributed by atoms with Crippen LogP contribution in [0.2, 0.25) is 0 Å². The van der Waals surface area contributed by atoms with Gasteiger partial charge in [-0.1, -0.05) is 31.2 Å². The van der Waals surface area contributed by atoms with Gasteiger partial charge in [0.1, 0.15) is 0 Å². The van der Waals surface area contributed by atoms with Crippen molar-refractivity contribution in [3.63, 3.8) is 0 Å². The number of hydrogen-bond acceptors (Lipinski definition) is 1. The third-order valence-electron chi connectivity index (χ3n) is 2.82. The Bertz CT molecular complexity index is 390. The second-order valence-electron chi connectivity index (χ2n) is 3.91. The molecule has 2 rings (SSSR count). The molecule has 0 saturated carbocycles. The smallest absolute Gasteiger partial charge is 0.166 e. The number of carbonyl (C=O) groups excluding carboxylic acids is 1. The first-order valence-electron chi connectivity index (χ1n) is 5.00. The Labute approximate surface area is 84.5 Å². The zero-order valence-corrected chi connectivity index (χ0v) is 8.42. The maximum Gasteiger partial charge on any atom is 0.166 e. The monoisotopic (exact) mass is 186 g/mol. The molecule has 0 fully saturated rings. The molecule has 1 atom stereocenters. The van der Waals surface area contributed by atoms with Crippen LogP contribution in [0.4, 0.5) is 0 Å². The summed E-state index contributed by atoms with van der Waals surface area (Å²) in [4.78, 5) is 11.9. The maximum absolute atomic E-state index is 11.9. The van der Waals surface area contributed by atoms with Gasteiger partial charge in [0.25, 0.3) is 0 Å². The molecule has 1 aliphatic rings. The van der Waals surface area contributed by atoms with Crippen LogP contribution in [0.5, 0.6) is 0 Å². The molecule has 0 heterocycles. The number of fused-ring (bicyclic) bond motifs is 1. The van der Waals surface area contributed by atoms with Gasteiger partial charge in [-0.15, -0.1) is 6.58 Å². The molecule has 1 unspecified atom stereocenters. The van der Waals surface area contributed by atoms with E-state index in [0.29, 0.717) is 5.78 Å². The lowest BCUT2D eigenvalue weighted by molar-refractivity contribution is 0.0945. The van der Waals surface area contributed by atoms with Crippen LogP contribution in [0.15, 0.2) is 30.9 Å². The minimum atomic E-state index is 0.163. The number of benzene rings is 1. The summed E-state index contributed by atoms with van der Waals surface area (Å²) >= 11 is 0. The van der Waals surface area contributed by atoms with E-state index < -0.39 is 0 Å². The van der Waals surface area contributed by atoms with Gasteiger partial charge in [-0.3, -0.25) is 4.79 Å². The molecule has 0 aliphatic heterocycles. The number of ketones is 1. The van der Waals surface area contributed by atoms with Crippen LogP contribution in [0.25, 0.3) is 0 Å². The molecule has 0 bridgehead atoms. The van der Waals surface area contributed by atoms with Gasteiger partial charge in [0.15, 0.2) is 5.78 Å². The molecule has 0 spiro atoms. The zero-order chi connectivity index (χ0) is 10.1. The molecule has 0 radical (unpaired) electrons. The zero-order valence-electron chi connectivity index (χ0n) is 8.42. The van der Waals surface area contributed by atoms with E-state index in [4.69, 9.17) is 0 Å². The van der Waals surface area contributed by atoms with Crippen molar-refractivity contribution in [3.05, 3.63) is 47.5 Å². The fourth-order valence-corrected chi connectivity index (χ4v) is 2.13. The van der Waals surface area contributed by atoms with Crippen LogP contribution in [-0.2, 0) is 12.8 Å². The molecule has 0 amide bonds. The van der Waals surface area contributed by atoms with Crippen molar-refractivity contribution < 1.29 is 4.79 Å². The largest absolute Gasteiger partial charge is 0.294 e. The SMILES string of the molecule is C=CCc1cccc2c1C(=O)C(C)C2. The van der Waals surface area contributed by atoms with Gasteiger partial charge < -0.3 is 0 Å². The van der Waals surface area contributed by atoms with E-state index in [2.05, 4.69) is 12.6 Å². The van der Waals surface area contributed by atoms with E-state index in [9.17, 15) is 4.79 Å². The first kappa shape index (κ1) is 9.20. The molecule has 1 nitrogen and oxygen atoms in total. The molecule has 0 aromatic heterocycles. The normalized spacial score (nSPS) is 19.5. The van der Waals surface area contributed by atoms with Crippen molar-refractivity contribution in [2.24, 2.45) is 5.92 Å². The van der Waals surface area contributed by atoms with Crippen LogP contribution >= 0.6 is 0 Å². The van der Waals surface area contributed by atoms with Crippen LogP contribution in [0.1, 0.15) is 28.4 Å². The molecular formula is C13H14O. The van der Waals surface area contributed by atoms with Gasteiger partial charge in [0, 0.05) is 11.5 Å². The molecule has 1 aliphatic carbocycles. The van der Waals surface area contributed by atoms with Gasteiger partial charge in [0.05, 0.1) is 0 Å². The Hall–Kier alpha value is -1.37. The van der Waals surface area contributed by atoms with Crippen LogP contribution in [-0.4, -0.2) is 5.78 Å². The molecule has 1 aromatic rings. The second kappa shape index (κ2) is 3.41. The van der Waals surface area contributed by atoms with Crippen molar-refractivity contribution in [3.8, 4) is 0 Å². The lowest BCUT2D eigenvalue weighted by atomic mass is 10.00. The number of allylic oxidation sites excluding steroid dienone is 1. The molecule has 14 heavy (non-hydrogen) atoms.